The molecular weight excluding hydrogens is 814 g/mol. The Morgan fingerprint density at radius 1 is 0.705 bits per heavy atom. The minimum Gasteiger partial charge on any atom is -0.481 e. The Morgan fingerprint density at radius 2 is 1.25 bits per heavy atom. The number of carbonyl (C=O) groups is 3. The van der Waals surface area contributed by atoms with E-state index in [0.717, 1.165) is 18.9 Å². The fourth-order valence-corrected chi connectivity index (χ4v) is 5.15. The van der Waals surface area contributed by atoms with Crippen molar-refractivity contribution >= 4 is 29.3 Å². The molecule has 61 heavy (non-hydrogen) atoms. The van der Waals surface area contributed by atoms with Crippen molar-refractivity contribution in [3.8, 4) is 0 Å². The van der Waals surface area contributed by atoms with Gasteiger partial charge in [0.1, 0.15) is 11.7 Å². The highest BCUT2D eigenvalue weighted by molar-refractivity contribution is 5.83. The van der Waals surface area contributed by atoms with Gasteiger partial charge in [0, 0.05) is 37.7 Å². The van der Waals surface area contributed by atoms with Gasteiger partial charge in [-0.1, -0.05) is 5.21 Å². The third-order valence-corrected chi connectivity index (χ3v) is 8.25. The molecule has 0 bridgehead atoms. The average Bonchev–Trinajstić information content (AvgIpc) is 3.69. The molecule has 0 radical (unpaired) electrons. The zero-order chi connectivity index (χ0) is 44.3. The van der Waals surface area contributed by atoms with Crippen LogP contribution in [-0.2, 0) is 67.1 Å². The molecule has 0 aliphatic rings. The van der Waals surface area contributed by atoms with Gasteiger partial charge in [-0.15, -0.1) is 5.10 Å². The molecule has 24 nitrogen and oxygen atoms in total. The van der Waals surface area contributed by atoms with Crippen LogP contribution in [0.2, 0.25) is 0 Å². The minimum absolute atomic E-state index is 0.199. The summed E-state index contributed by atoms with van der Waals surface area (Å²) in [7, 11) is 0. The maximum Gasteiger partial charge on any atom is 0.326 e. The first-order chi connectivity index (χ1) is 29.6. The number of hydrogen-bond donors (Lipinski definition) is 4. The summed E-state index contributed by atoms with van der Waals surface area (Å²) in [5.41, 5.74) is 0.525. The second-order valence-corrected chi connectivity index (χ2v) is 13.0. The quantitative estimate of drug-likeness (QED) is 0.0423. The summed E-state index contributed by atoms with van der Waals surface area (Å²) in [6.45, 7) is 7.35. The predicted octanol–water partition coefficient (Wildman–Crippen LogP) is 2.15. The molecule has 1 aromatic carbocycles. The smallest absolute Gasteiger partial charge is 0.326 e. The SMILES string of the molecule is O=C(O)CC[C@H](NC(=O)NCCCCCn1cc(COCCOCCOCCOCCOCCOCCOCCOCCCc2ccc([N+](=O)[O-])cc2[N+](=O)[O-])nn1)C(=O)O. The Balaban J connectivity index is 1.27. The van der Waals surface area contributed by atoms with Crippen molar-refractivity contribution in [2.75, 3.05) is 106 Å². The second-order valence-electron chi connectivity index (χ2n) is 13.0. The van der Waals surface area contributed by atoms with E-state index in [1.807, 2.05) is 0 Å². The van der Waals surface area contributed by atoms with Crippen molar-refractivity contribution in [1.82, 2.24) is 25.6 Å². The van der Waals surface area contributed by atoms with Crippen molar-refractivity contribution in [1.29, 1.82) is 0 Å². The number of carbonyl (C=O) groups excluding carboxylic acids is 1. The van der Waals surface area contributed by atoms with Crippen LogP contribution in [0.5, 0.6) is 0 Å². The number of carboxylic acids is 2. The first kappa shape index (κ1) is 52.2. The molecule has 0 saturated heterocycles. The van der Waals surface area contributed by atoms with Crippen molar-refractivity contribution in [3.63, 3.8) is 0 Å². The fourth-order valence-electron chi connectivity index (χ4n) is 5.15. The number of benzene rings is 1. The molecule has 1 heterocycles. The van der Waals surface area contributed by atoms with Gasteiger partial charge < -0.3 is 58.7 Å². The van der Waals surface area contributed by atoms with E-state index in [9.17, 15) is 34.6 Å². The monoisotopic (exact) mass is 873 g/mol. The molecule has 0 fully saturated rings. The first-order valence-corrected chi connectivity index (χ1v) is 20.0. The first-order valence-electron chi connectivity index (χ1n) is 20.0. The van der Waals surface area contributed by atoms with E-state index in [2.05, 4.69) is 20.9 Å². The Hall–Kier alpha value is -4.95. The zero-order valence-corrected chi connectivity index (χ0v) is 34.3. The lowest BCUT2D eigenvalue weighted by Crippen LogP contribution is -2.46. The number of nitro benzene ring substituents is 2. The molecule has 1 aromatic heterocycles. The third kappa shape index (κ3) is 26.8. The number of urea groups is 1. The Morgan fingerprint density at radius 3 is 1.75 bits per heavy atom. The van der Waals surface area contributed by atoms with Gasteiger partial charge >= 0.3 is 18.0 Å². The number of rotatable bonds is 40. The Bertz CT molecular complexity index is 1550. The van der Waals surface area contributed by atoms with Crippen LogP contribution in [0.4, 0.5) is 16.2 Å². The summed E-state index contributed by atoms with van der Waals surface area (Å²) in [5, 5.41) is 52.9. The summed E-state index contributed by atoms with van der Waals surface area (Å²) in [5.74, 6) is -2.42. The number of aliphatic carboxylic acids is 2. The van der Waals surface area contributed by atoms with Crippen molar-refractivity contribution < 1.29 is 72.3 Å². The number of nitro groups is 2. The maximum atomic E-state index is 11.9. The van der Waals surface area contributed by atoms with E-state index in [-0.39, 0.29) is 24.2 Å². The van der Waals surface area contributed by atoms with Gasteiger partial charge in [-0.05, 0) is 44.6 Å². The number of non-ortho nitro benzene ring substituents is 1. The lowest BCUT2D eigenvalue weighted by Gasteiger charge is -2.14. The zero-order valence-electron chi connectivity index (χ0n) is 34.3. The summed E-state index contributed by atoms with van der Waals surface area (Å²) in [6, 6.07) is 1.71. The number of carboxylic acid groups (broad SMARTS) is 2. The molecule has 2 rings (SSSR count). The summed E-state index contributed by atoms with van der Waals surface area (Å²) in [6.07, 6.45) is 4.38. The van der Waals surface area contributed by atoms with E-state index in [1.165, 1.54) is 12.1 Å². The predicted molar refractivity (Wildman–Crippen MR) is 212 cm³/mol. The number of amides is 2. The van der Waals surface area contributed by atoms with Crippen LogP contribution in [-0.4, -0.2) is 165 Å². The Labute approximate surface area is 352 Å². The molecule has 0 aliphatic carbocycles. The lowest BCUT2D eigenvalue weighted by molar-refractivity contribution is -0.394. The summed E-state index contributed by atoms with van der Waals surface area (Å²) >= 11 is 0. The van der Waals surface area contributed by atoms with E-state index in [0.29, 0.717) is 149 Å². The van der Waals surface area contributed by atoms with Crippen LogP contribution in [0.25, 0.3) is 0 Å². The van der Waals surface area contributed by atoms with Gasteiger partial charge in [0.2, 0.25) is 0 Å². The highest BCUT2D eigenvalue weighted by Crippen LogP contribution is 2.25. The number of aromatic nitrogens is 3. The number of hydrogen-bond acceptors (Lipinski definition) is 17. The average molecular weight is 874 g/mol. The largest absolute Gasteiger partial charge is 0.481 e. The fraction of sp³-hybridized carbons (Fsp3) is 0.703. The number of nitrogens with one attached hydrogen (secondary N) is 2. The van der Waals surface area contributed by atoms with Gasteiger partial charge in [0.25, 0.3) is 11.4 Å². The highest BCUT2D eigenvalue weighted by Gasteiger charge is 2.21. The van der Waals surface area contributed by atoms with Crippen LogP contribution in [0, 0.1) is 20.2 Å². The topological polar surface area (TPSA) is 307 Å². The summed E-state index contributed by atoms with van der Waals surface area (Å²) < 4.78 is 45.6. The van der Waals surface area contributed by atoms with Crippen molar-refractivity contribution in [3.05, 3.63) is 55.9 Å². The molecule has 0 saturated carbocycles. The Kier molecular flexibility index (Phi) is 28.9. The van der Waals surface area contributed by atoms with Crippen LogP contribution in [0.1, 0.15) is 49.8 Å². The molecule has 0 aliphatic heterocycles. The van der Waals surface area contributed by atoms with Crippen LogP contribution >= 0.6 is 0 Å². The van der Waals surface area contributed by atoms with Gasteiger partial charge in [0.05, 0.1) is 121 Å². The van der Waals surface area contributed by atoms with E-state index in [1.54, 1.807) is 10.9 Å². The molecule has 0 unspecified atom stereocenters. The van der Waals surface area contributed by atoms with Gasteiger partial charge in [-0.25, -0.2) is 9.59 Å². The van der Waals surface area contributed by atoms with Gasteiger partial charge in [0.15, 0.2) is 0 Å². The van der Waals surface area contributed by atoms with Crippen LogP contribution in [0.3, 0.4) is 0 Å². The number of unbranched alkanes of at least 4 members (excludes halogenated alkanes) is 2. The van der Waals surface area contributed by atoms with E-state index in [4.69, 9.17) is 48.1 Å². The van der Waals surface area contributed by atoms with Crippen LogP contribution in [0.15, 0.2) is 24.4 Å². The molecule has 0 spiro atoms. The molecule has 2 aromatic rings. The standard InChI is InChI=1S/C37H59N7O17/c45-35(46)9-8-33(36(47)48)39-37(49)38-10-2-1-3-11-42-28-31(40-41-42)29-61-26-25-60-24-23-59-22-21-58-20-19-57-18-17-56-16-15-55-14-13-54-12-4-5-30-6-7-32(43(50)51)27-34(30)44(52)53/h6-7,27-28,33H,1-5,8-26,29H2,(H,45,46)(H,47,48)(H2,38,39,49)/t33-/m0/s1. The number of aryl methyl sites for hydroxylation is 2. The number of nitrogens with zero attached hydrogens (tertiary/aromatic N) is 5. The molecule has 344 valence electrons. The van der Waals surface area contributed by atoms with Crippen molar-refractivity contribution in [2.45, 2.75) is 64.1 Å². The highest BCUT2D eigenvalue weighted by atomic mass is 16.6. The summed E-state index contributed by atoms with van der Waals surface area (Å²) in [4.78, 5) is 54.5. The van der Waals surface area contributed by atoms with Crippen molar-refractivity contribution in [2.24, 2.45) is 0 Å². The van der Waals surface area contributed by atoms with E-state index >= 15 is 0 Å². The minimum atomic E-state index is -1.29. The third-order valence-electron chi connectivity index (χ3n) is 8.25. The molecule has 2 amide bonds. The molecule has 1 atom stereocenters. The molecule has 24 heteroatoms. The number of ether oxygens (including phenoxy) is 8. The van der Waals surface area contributed by atoms with Crippen LogP contribution < -0.4 is 10.6 Å². The normalized spacial score (nSPS) is 11.7. The lowest BCUT2D eigenvalue weighted by atomic mass is 10.1. The van der Waals surface area contributed by atoms with Gasteiger partial charge in [-0.3, -0.25) is 29.7 Å². The second kappa shape index (κ2) is 33.7. The van der Waals surface area contributed by atoms with E-state index < -0.39 is 33.9 Å². The maximum absolute atomic E-state index is 11.9. The molecule has 4 N–H and O–H groups in total. The van der Waals surface area contributed by atoms with Gasteiger partial charge in [-0.2, -0.15) is 0 Å². The molecular formula is C37H59N7O17.